The molecule has 128 valence electrons. The average molecular weight is 350 g/mol. The number of amides is 3. The zero-order valence-electron chi connectivity index (χ0n) is 13.2. The first-order chi connectivity index (χ1) is 11.4. The number of carbonyl (C=O) groups is 2. The molecular formula is C16H18N2O5S. The molecule has 7 nitrogen and oxygen atoms in total. The van der Waals surface area contributed by atoms with Gasteiger partial charge in [0.05, 0.1) is 12.0 Å². The summed E-state index contributed by atoms with van der Waals surface area (Å²) in [4.78, 5) is 25.2. The van der Waals surface area contributed by atoms with E-state index in [0.29, 0.717) is 22.4 Å². The number of hydrogen-bond acceptors (Lipinski definition) is 5. The van der Waals surface area contributed by atoms with Crippen molar-refractivity contribution < 1.29 is 22.7 Å². The molecule has 3 atom stereocenters. The Balaban J connectivity index is 1.70. The van der Waals surface area contributed by atoms with Crippen LogP contribution in [-0.4, -0.2) is 37.3 Å². The maximum Gasteiger partial charge on any atom is 0.339 e. The highest BCUT2D eigenvalue weighted by Gasteiger charge is 2.64. The Kier molecular flexibility index (Phi) is 3.19. The van der Waals surface area contributed by atoms with Crippen LogP contribution in [0, 0.1) is 11.8 Å². The number of carbonyl (C=O) groups excluding carboxylic acids is 2. The summed E-state index contributed by atoms with van der Waals surface area (Å²) in [5.41, 5.74) is -1.03. The Hall–Kier alpha value is -2.09. The van der Waals surface area contributed by atoms with Crippen molar-refractivity contribution in [2.75, 3.05) is 7.11 Å². The number of fused-ring (bicyclic) bond motifs is 3. The summed E-state index contributed by atoms with van der Waals surface area (Å²) in [6.45, 7) is 0. The van der Waals surface area contributed by atoms with Crippen molar-refractivity contribution in [3.8, 4) is 5.75 Å². The van der Waals surface area contributed by atoms with Crippen molar-refractivity contribution in [3.63, 3.8) is 0 Å². The van der Waals surface area contributed by atoms with Crippen LogP contribution in [0.4, 0.5) is 4.79 Å². The molecule has 2 saturated carbocycles. The number of urea groups is 1. The fraction of sp³-hybridized carbons (Fsp3) is 0.500. The Morgan fingerprint density at radius 1 is 1.21 bits per heavy atom. The van der Waals surface area contributed by atoms with Crippen LogP contribution in [0.5, 0.6) is 5.75 Å². The van der Waals surface area contributed by atoms with E-state index >= 15 is 0 Å². The first-order valence-electron chi connectivity index (χ1n) is 7.94. The standard InChI is InChI=1S/C16H18N2O5S/c1-23-12-4-6-13(7-5-12)24(21,22)18-14(19)16(17-15(18)20)9-10-2-3-11(16)8-10/h4-7,10-11H,2-3,8-9H2,1H3,(H,17,20). The van der Waals surface area contributed by atoms with Crippen molar-refractivity contribution in [1.82, 2.24) is 9.62 Å². The number of nitrogens with one attached hydrogen (secondary N) is 1. The van der Waals surface area contributed by atoms with Gasteiger partial charge in [-0.25, -0.2) is 13.2 Å². The second-order valence-electron chi connectivity index (χ2n) is 6.73. The summed E-state index contributed by atoms with van der Waals surface area (Å²) >= 11 is 0. The molecule has 24 heavy (non-hydrogen) atoms. The lowest BCUT2D eigenvalue weighted by Gasteiger charge is -2.30. The monoisotopic (exact) mass is 350 g/mol. The molecule has 1 aromatic rings. The van der Waals surface area contributed by atoms with Gasteiger partial charge in [-0.3, -0.25) is 4.79 Å². The number of sulfonamides is 1. The molecule has 4 rings (SSSR count). The van der Waals surface area contributed by atoms with Gasteiger partial charge in [0.2, 0.25) is 0 Å². The zero-order chi connectivity index (χ0) is 17.1. The first kappa shape index (κ1) is 15.4. The van der Waals surface area contributed by atoms with Crippen LogP contribution >= 0.6 is 0 Å². The van der Waals surface area contributed by atoms with Crippen LogP contribution < -0.4 is 10.1 Å². The van der Waals surface area contributed by atoms with E-state index in [9.17, 15) is 18.0 Å². The molecule has 1 aliphatic heterocycles. The largest absolute Gasteiger partial charge is 0.497 e. The molecule has 3 aliphatic rings. The van der Waals surface area contributed by atoms with Crippen molar-refractivity contribution in [1.29, 1.82) is 0 Å². The highest BCUT2D eigenvalue weighted by molar-refractivity contribution is 7.90. The molecule has 1 saturated heterocycles. The minimum absolute atomic E-state index is 0.0371. The van der Waals surface area contributed by atoms with Gasteiger partial charge < -0.3 is 10.1 Å². The fourth-order valence-electron chi connectivity index (χ4n) is 4.38. The van der Waals surface area contributed by atoms with E-state index in [4.69, 9.17) is 4.74 Å². The summed E-state index contributed by atoms with van der Waals surface area (Å²) in [6.07, 6.45) is 3.31. The lowest BCUT2D eigenvalue weighted by atomic mass is 9.81. The lowest BCUT2D eigenvalue weighted by molar-refractivity contribution is -0.129. The van der Waals surface area contributed by atoms with Gasteiger partial charge in [0.25, 0.3) is 15.9 Å². The fourth-order valence-corrected chi connectivity index (χ4v) is 5.72. The summed E-state index contributed by atoms with van der Waals surface area (Å²) in [6, 6.07) is 4.79. The molecule has 8 heteroatoms. The maximum atomic E-state index is 12.9. The quantitative estimate of drug-likeness (QED) is 0.834. The Labute approximate surface area is 140 Å². The van der Waals surface area contributed by atoms with Gasteiger partial charge in [-0.1, -0.05) is 0 Å². The molecule has 0 aromatic heterocycles. The second-order valence-corrected chi connectivity index (χ2v) is 8.52. The van der Waals surface area contributed by atoms with E-state index in [1.165, 1.54) is 31.4 Å². The molecule has 1 N–H and O–H groups in total. The summed E-state index contributed by atoms with van der Waals surface area (Å²) in [5, 5.41) is 2.69. The molecule has 1 aromatic carbocycles. The number of ether oxygens (including phenoxy) is 1. The maximum absolute atomic E-state index is 12.9. The van der Waals surface area contributed by atoms with E-state index in [1.807, 2.05) is 0 Å². The van der Waals surface area contributed by atoms with Gasteiger partial charge in [0, 0.05) is 0 Å². The van der Waals surface area contributed by atoms with Gasteiger partial charge in [-0.05, 0) is 61.8 Å². The third kappa shape index (κ3) is 1.92. The third-order valence-corrected chi connectivity index (χ3v) is 7.21. The molecule has 0 radical (unpaired) electrons. The van der Waals surface area contributed by atoms with Gasteiger partial charge in [-0.2, -0.15) is 0 Å². The van der Waals surface area contributed by atoms with E-state index < -0.39 is 27.5 Å². The lowest BCUT2D eigenvalue weighted by Crippen LogP contribution is -2.51. The molecular weight excluding hydrogens is 332 g/mol. The topological polar surface area (TPSA) is 92.8 Å². The molecule has 3 amide bonds. The van der Waals surface area contributed by atoms with Crippen molar-refractivity contribution in [2.45, 2.75) is 36.1 Å². The highest BCUT2D eigenvalue weighted by atomic mass is 32.2. The number of hydrogen-bond donors (Lipinski definition) is 1. The van der Waals surface area contributed by atoms with Crippen molar-refractivity contribution >= 4 is 22.0 Å². The second kappa shape index (κ2) is 4.95. The van der Waals surface area contributed by atoms with E-state index in [1.54, 1.807) is 0 Å². The Bertz CT molecular complexity index is 819. The molecule has 1 spiro atoms. The van der Waals surface area contributed by atoms with Crippen LogP contribution in [0.1, 0.15) is 25.7 Å². The Morgan fingerprint density at radius 3 is 2.46 bits per heavy atom. The molecule has 3 fully saturated rings. The van der Waals surface area contributed by atoms with E-state index in [-0.39, 0.29) is 10.8 Å². The van der Waals surface area contributed by atoms with Crippen LogP contribution in [0.25, 0.3) is 0 Å². The average Bonchev–Trinajstić information content (AvgIpc) is 3.22. The van der Waals surface area contributed by atoms with Gasteiger partial charge in [0.1, 0.15) is 11.3 Å². The predicted octanol–water partition coefficient (Wildman–Crippen LogP) is 1.49. The highest BCUT2D eigenvalue weighted by Crippen LogP contribution is 2.53. The van der Waals surface area contributed by atoms with Crippen molar-refractivity contribution in [2.24, 2.45) is 11.8 Å². The van der Waals surface area contributed by atoms with Crippen LogP contribution in [0.2, 0.25) is 0 Å². The minimum atomic E-state index is -4.23. The molecule has 2 aliphatic carbocycles. The SMILES string of the molecule is COc1ccc(S(=O)(=O)N2C(=O)NC3(CC4CCC3C4)C2=O)cc1. The number of methoxy groups -OCH3 is 1. The van der Waals surface area contributed by atoms with Crippen LogP contribution in [0.3, 0.4) is 0 Å². The number of imide groups is 1. The molecule has 2 bridgehead atoms. The Morgan fingerprint density at radius 2 is 1.92 bits per heavy atom. The third-order valence-electron chi connectivity index (χ3n) is 5.53. The normalized spacial score (nSPS) is 31.8. The minimum Gasteiger partial charge on any atom is -0.497 e. The van der Waals surface area contributed by atoms with Gasteiger partial charge in [0.15, 0.2) is 0 Å². The number of nitrogens with zero attached hydrogens (tertiary/aromatic N) is 1. The predicted molar refractivity (Wildman–Crippen MR) is 83.7 cm³/mol. The molecule has 1 heterocycles. The zero-order valence-corrected chi connectivity index (χ0v) is 14.0. The van der Waals surface area contributed by atoms with Crippen molar-refractivity contribution in [3.05, 3.63) is 24.3 Å². The molecule has 3 unspecified atom stereocenters. The smallest absolute Gasteiger partial charge is 0.339 e. The van der Waals surface area contributed by atoms with Gasteiger partial charge in [-0.15, -0.1) is 4.31 Å². The number of benzene rings is 1. The summed E-state index contributed by atoms with van der Waals surface area (Å²) in [5.74, 6) is 0.296. The summed E-state index contributed by atoms with van der Waals surface area (Å²) < 4.78 is 31.0. The van der Waals surface area contributed by atoms with Crippen LogP contribution in [0.15, 0.2) is 29.2 Å². The van der Waals surface area contributed by atoms with E-state index in [2.05, 4.69) is 5.32 Å². The summed E-state index contributed by atoms with van der Waals surface area (Å²) in [7, 11) is -2.75. The van der Waals surface area contributed by atoms with E-state index in [0.717, 1.165) is 19.3 Å². The number of rotatable bonds is 3. The van der Waals surface area contributed by atoms with Crippen LogP contribution in [-0.2, 0) is 14.8 Å². The first-order valence-corrected chi connectivity index (χ1v) is 9.38. The van der Waals surface area contributed by atoms with Gasteiger partial charge >= 0.3 is 6.03 Å².